The molecule has 2 rings (SSSR count). The van der Waals surface area contributed by atoms with E-state index in [9.17, 15) is 0 Å². The molecule has 1 aromatic heterocycles. The van der Waals surface area contributed by atoms with E-state index in [0.29, 0.717) is 5.92 Å². The normalized spacial score (nSPS) is 21.7. The van der Waals surface area contributed by atoms with Crippen molar-refractivity contribution in [3.8, 4) is 0 Å². The summed E-state index contributed by atoms with van der Waals surface area (Å²) < 4.78 is 6.11. The van der Waals surface area contributed by atoms with Crippen molar-refractivity contribution < 1.29 is 4.43 Å². The second-order valence-corrected chi connectivity index (χ2v) is 10.6. The Morgan fingerprint density at radius 1 is 1.38 bits per heavy atom. The Kier molecular flexibility index (Phi) is 3.55. The molecule has 3 heteroatoms. The molecule has 0 radical (unpaired) electrons. The first-order valence-corrected chi connectivity index (χ1v) is 10.3. The second kappa shape index (κ2) is 4.76. The second-order valence-electron chi connectivity index (χ2n) is 5.40. The summed E-state index contributed by atoms with van der Waals surface area (Å²) in [6.45, 7) is 6.76. The Bertz CT molecular complexity index is 362. The molecule has 0 saturated heterocycles. The van der Waals surface area contributed by atoms with E-state index in [1.807, 2.05) is 0 Å². The van der Waals surface area contributed by atoms with Gasteiger partial charge >= 0.3 is 0 Å². The van der Waals surface area contributed by atoms with E-state index < -0.39 is 8.32 Å². The molecule has 1 heterocycles. The molecule has 1 aliphatic carbocycles. The SMILES string of the molecule is C[Si](C)(C)OC1=CC(c2ccsc2)CCC1. The lowest BCUT2D eigenvalue weighted by Gasteiger charge is -2.27. The summed E-state index contributed by atoms with van der Waals surface area (Å²) >= 11 is 1.79. The molecule has 0 spiro atoms. The van der Waals surface area contributed by atoms with Crippen molar-refractivity contribution in [1.82, 2.24) is 0 Å². The van der Waals surface area contributed by atoms with Gasteiger partial charge in [-0.05, 0) is 60.9 Å². The van der Waals surface area contributed by atoms with Crippen molar-refractivity contribution in [3.63, 3.8) is 0 Å². The van der Waals surface area contributed by atoms with Crippen molar-refractivity contribution in [3.05, 3.63) is 34.2 Å². The first-order chi connectivity index (χ1) is 7.54. The van der Waals surface area contributed by atoms with Gasteiger partial charge in [0.25, 0.3) is 0 Å². The number of hydrogen-bond donors (Lipinski definition) is 0. The molecule has 0 amide bonds. The fraction of sp³-hybridized carbons (Fsp3) is 0.538. The van der Waals surface area contributed by atoms with Crippen LogP contribution in [-0.2, 0) is 4.43 Å². The minimum absolute atomic E-state index is 0.589. The Balaban J connectivity index is 2.10. The maximum Gasteiger partial charge on any atom is 0.241 e. The molecule has 0 aromatic carbocycles. The quantitative estimate of drug-likeness (QED) is 0.705. The fourth-order valence-electron chi connectivity index (χ4n) is 2.11. The van der Waals surface area contributed by atoms with Crippen LogP contribution < -0.4 is 0 Å². The van der Waals surface area contributed by atoms with Crippen LogP contribution >= 0.6 is 11.3 Å². The van der Waals surface area contributed by atoms with Crippen LogP contribution in [0.25, 0.3) is 0 Å². The van der Waals surface area contributed by atoms with E-state index in [1.165, 1.54) is 24.2 Å². The van der Waals surface area contributed by atoms with E-state index in [0.717, 1.165) is 6.42 Å². The molecule has 0 fully saturated rings. The van der Waals surface area contributed by atoms with Gasteiger partial charge in [-0.25, -0.2) is 0 Å². The summed E-state index contributed by atoms with van der Waals surface area (Å²) in [4.78, 5) is 0. The molecular weight excluding hydrogens is 232 g/mol. The predicted octanol–water partition coefficient (Wildman–Crippen LogP) is 4.75. The number of allylic oxidation sites excluding steroid dienone is 2. The lowest BCUT2D eigenvalue weighted by Crippen LogP contribution is -2.25. The van der Waals surface area contributed by atoms with E-state index in [-0.39, 0.29) is 0 Å². The monoisotopic (exact) mass is 252 g/mol. The summed E-state index contributed by atoms with van der Waals surface area (Å²) in [5.41, 5.74) is 1.46. The number of thiophene rings is 1. The van der Waals surface area contributed by atoms with Crippen LogP contribution in [0.3, 0.4) is 0 Å². The zero-order valence-corrected chi connectivity index (χ0v) is 12.1. The van der Waals surface area contributed by atoms with Crippen molar-refractivity contribution >= 4 is 19.7 Å². The van der Waals surface area contributed by atoms with E-state index in [1.54, 1.807) is 11.3 Å². The summed E-state index contributed by atoms with van der Waals surface area (Å²) in [6, 6.07) is 2.24. The first kappa shape index (κ1) is 11.9. The third-order valence-electron chi connectivity index (χ3n) is 2.73. The summed E-state index contributed by atoms with van der Waals surface area (Å²) in [7, 11) is -1.42. The molecule has 16 heavy (non-hydrogen) atoms. The highest BCUT2D eigenvalue weighted by Crippen LogP contribution is 2.33. The van der Waals surface area contributed by atoms with Crippen LogP contribution in [0.1, 0.15) is 30.7 Å². The third-order valence-corrected chi connectivity index (χ3v) is 4.31. The van der Waals surface area contributed by atoms with Crippen LogP contribution in [0.5, 0.6) is 0 Å². The number of hydrogen-bond acceptors (Lipinski definition) is 2. The molecular formula is C13H20OSSi. The van der Waals surface area contributed by atoms with Gasteiger partial charge in [0.05, 0.1) is 5.76 Å². The van der Waals surface area contributed by atoms with Gasteiger partial charge in [-0.2, -0.15) is 11.3 Å². The Morgan fingerprint density at radius 3 is 2.81 bits per heavy atom. The number of rotatable bonds is 3. The molecule has 0 saturated carbocycles. The van der Waals surface area contributed by atoms with E-state index in [4.69, 9.17) is 4.43 Å². The average Bonchev–Trinajstić information content (AvgIpc) is 2.68. The first-order valence-electron chi connectivity index (χ1n) is 5.96. The predicted molar refractivity (Wildman–Crippen MR) is 73.4 cm³/mol. The largest absolute Gasteiger partial charge is 0.548 e. The average molecular weight is 252 g/mol. The lowest BCUT2D eigenvalue weighted by atomic mass is 9.90. The summed E-state index contributed by atoms with van der Waals surface area (Å²) in [5, 5.41) is 4.43. The van der Waals surface area contributed by atoms with Crippen LogP contribution in [0.15, 0.2) is 28.7 Å². The van der Waals surface area contributed by atoms with Crippen LogP contribution in [0, 0.1) is 0 Å². The molecule has 1 unspecified atom stereocenters. The standard InChI is InChI=1S/C13H20OSSi/c1-16(2,3)14-13-6-4-5-11(9-13)12-7-8-15-10-12/h7-11H,4-6H2,1-3H3. The zero-order chi connectivity index (χ0) is 11.6. The third kappa shape index (κ3) is 3.22. The van der Waals surface area contributed by atoms with Gasteiger partial charge in [0, 0.05) is 12.3 Å². The Morgan fingerprint density at radius 2 is 2.19 bits per heavy atom. The molecule has 1 aliphatic rings. The van der Waals surface area contributed by atoms with Gasteiger partial charge in [-0.15, -0.1) is 0 Å². The Hall–Kier alpha value is -0.543. The molecule has 0 N–H and O–H groups in total. The summed E-state index contributed by atoms with van der Waals surface area (Å²) in [6.07, 6.45) is 6.01. The Labute approximate surface area is 103 Å². The van der Waals surface area contributed by atoms with Gasteiger partial charge in [0.15, 0.2) is 0 Å². The van der Waals surface area contributed by atoms with Crippen LogP contribution in [0.4, 0.5) is 0 Å². The zero-order valence-electron chi connectivity index (χ0n) is 10.3. The lowest BCUT2D eigenvalue weighted by molar-refractivity contribution is 0.373. The molecule has 1 nitrogen and oxygen atoms in total. The van der Waals surface area contributed by atoms with Crippen molar-refractivity contribution in [2.45, 2.75) is 44.8 Å². The minimum Gasteiger partial charge on any atom is -0.548 e. The maximum absolute atomic E-state index is 6.11. The van der Waals surface area contributed by atoms with Gasteiger partial charge in [0.2, 0.25) is 8.32 Å². The molecule has 1 aromatic rings. The van der Waals surface area contributed by atoms with Crippen molar-refractivity contribution in [2.24, 2.45) is 0 Å². The van der Waals surface area contributed by atoms with Crippen LogP contribution in [-0.4, -0.2) is 8.32 Å². The molecule has 88 valence electrons. The molecule has 1 atom stereocenters. The summed E-state index contributed by atoms with van der Waals surface area (Å²) in [5.74, 6) is 1.83. The molecule has 0 bridgehead atoms. The highest BCUT2D eigenvalue weighted by Gasteiger charge is 2.22. The fourth-order valence-corrected chi connectivity index (χ4v) is 3.80. The smallest absolute Gasteiger partial charge is 0.241 e. The van der Waals surface area contributed by atoms with Crippen LogP contribution in [0.2, 0.25) is 19.6 Å². The van der Waals surface area contributed by atoms with E-state index in [2.05, 4.69) is 42.5 Å². The van der Waals surface area contributed by atoms with Crippen molar-refractivity contribution in [2.75, 3.05) is 0 Å². The minimum atomic E-state index is -1.42. The van der Waals surface area contributed by atoms with Crippen molar-refractivity contribution in [1.29, 1.82) is 0 Å². The highest BCUT2D eigenvalue weighted by molar-refractivity contribution is 7.08. The van der Waals surface area contributed by atoms with E-state index >= 15 is 0 Å². The highest BCUT2D eigenvalue weighted by atomic mass is 32.1. The van der Waals surface area contributed by atoms with Gasteiger partial charge < -0.3 is 4.43 Å². The van der Waals surface area contributed by atoms with Gasteiger partial charge in [-0.1, -0.05) is 0 Å². The molecule has 0 aliphatic heterocycles. The van der Waals surface area contributed by atoms with Gasteiger partial charge in [0.1, 0.15) is 0 Å². The maximum atomic E-state index is 6.11. The van der Waals surface area contributed by atoms with Gasteiger partial charge in [-0.3, -0.25) is 0 Å². The topological polar surface area (TPSA) is 9.23 Å².